The van der Waals surface area contributed by atoms with Crippen molar-refractivity contribution in [1.82, 2.24) is 0 Å². The molecule has 0 aliphatic heterocycles. The fourth-order valence-electron chi connectivity index (χ4n) is 2.38. The summed E-state index contributed by atoms with van der Waals surface area (Å²) in [7, 11) is 0. The van der Waals surface area contributed by atoms with Crippen molar-refractivity contribution in [3.05, 3.63) is 71.6 Å². The van der Waals surface area contributed by atoms with Gasteiger partial charge in [-0.3, -0.25) is 9.59 Å². The van der Waals surface area contributed by atoms with Gasteiger partial charge in [-0.05, 0) is 43.3 Å². The van der Waals surface area contributed by atoms with Crippen LogP contribution in [0.15, 0.2) is 57.8 Å². The fourth-order valence-corrected chi connectivity index (χ4v) is 2.38. The first kappa shape index (κ1) is 18.3. The number of amides is 2. The summed E-state index contributed by atoms with van der Waals surface area (Å²) in [6.45, 7) is 1.52. The molecule has 2 heterocycles. The fraction of sp³-hybridized carbons (Fsp3) is 0.111. The number of anilines is 2. The molecule has 0 fully saturated rings. The molecule has 0 unspecified atom stereocenters. The number of furan rings is 2. The van der Waals surface area contributed by atoms with Crippen molar-refractivity contribution in [3.8, 4) is 0 Å². The number of hydrogen-bond acceptors (Lipinski definition) is 4. The van der Waals surface area contributed by atoms with Crippen molar-refractivity contribution in [2.45, 2.75) is 13.1 Å². The van der Waals surface area contributed by atoms with Gasteiger partial charge in [-0.25, -0.2) is 0 Å². The van der Waals surface area contributed by atoms with Crippen molar-refractivity contribution in [2.75, 3.05) is 10.6 Å². The monoisotopic (exact) mass is 378 g/mol. The average Bonchev–Trinajstić information content (AvgIpc) is 3.26. The summed E-state index contributed by atoms with van der Waals surface area (Å²) in [5.74, 6) is -1.20. The maximum Gasteiger partial charge on any atom is 0.418 e. The van der Waals surface area contributed by atoms with Gasteiger partial charge in [-0.15, -0.1) is 0 Å². The molecule has 2 amide bonds. The summed E-state index contributed by atoms with van der Waals surface area (Å²) >= 11 is 0. The van der Waals surface area contributed by atoms with E-state index < -0.39 is 29.2 Å². The highest BCUT2D eigenvalue weighted by Gasteiger charge is 2.34. The Balaban J connectivity index is 1.87. The first-order valence-corrected chi connectivity index (χ1v) is 7.67. The van der Waals surface area contributed by atoms with Crippen molar-refractivity contribution < 1.29 is 31.6 Å². The number of benzene rings is 1. The van der Waals surface area contributed by atoms with E-state index in [1.54, 1.807) is 0 Å². The summed E-state index contributed by atoms with van der Waals surface area (Å²) in [5, 5.41) is 4.53. The van der Waals surface area contributed by atoms with Gasteiger partial charge in [0.25, 0.3) is 11.8 Å². The minimum atomic E-state index is -4.75. The third-order valence-corrected chi connectivity index (χ3v) is 3.68. The first-order valence-electron chi connectivity index (χ1n) is 7.67. The highest BCUT2D eigenvalue weighted by atomic mass is 19.4. The number of alkyl halides is 3. The lowest BCUT2D eigenvalue weighted by atomic mass is 10.1. The molecule has 0 aliphatic rings. The number of halogens is 3. The lowest BCUT2D eigenvalue weighted by molar-refractivity contribution is -0.136. The molecule has 3 rings (SSSR count). The molecule has 0 aliphatic carbocycles. The number of carbonyl (C=O) groups excluding carboxylic acids is 2. The van der Waals surface area contributed by atoms with Gasteiger partial charge in [0.05, 0.1) is 29.3 Å². The smallest absolute Gasteiger partial charge is 0.418 e. The lowest BCUT2D eigenvalue weighted by Gasteiger charge is -2.15. The standard InChI is InChI=1S/C18H13F3N2O4/c1-10-12(6-8-26-10)16(24)23-14-5-4-11(9-13(14)18(19,20)21)22-17(25)15-3-2-7-27-15/h2-9H,1H3,(H,22,25)(H,23,24). The molecule has 140 valence electrons. The van der Waals surface area contributed by atoms with Gasteiger partial charge in [0.1, 0.15) is 5.76 Å². The van der Waals surface area contributed by atoms with Gasteiger partial charge in [0.15, 0.2) is 5.76 Å². The van der Waals surface area contributed by atoms with Crippen LogP contribution in [0, 0.1) is 6.92 Å². The third-order valence-electron chi connectivity index (χ3n) is 3.68. The maximum atomic E-state index is 13.4. The van der Waals surface area contributed by atoms with Crippen LogP contribution in [-0.4, -0.2) is 11.8 Å². The molecule has 0 spiro atoms. The Morgan fingerprint density at radius 3 is 2.33 bits per heavy atom. The van der Waals surface area contributed by atoms with Gasteiger partial charge in [0.2, 0.25) is 0 Å². The van der Waals surface area contributed by atoms with Crippen LogP contribution in [0.25, 0.3) is 0 Å². The lowest BCUT2D eigenvalue weighted by Crippen LogP contribution is -2.18. The highest BCUT2D eigenvalue weighted by Crippen LogP contribution is 2.37. The Kier molecular flexibility index (Phi) is 4.76. The summed E-state index contributed by atoms with van der Waals surface area (Å²) in [4.78, 5) is 24.1. The molecular formula is C18H13F3N2O4. The van der Waals surface area contributed by atoms with Crippen LogP contribution < -0.4 is 10.6 Å². The molecular weight excluding hydrogens is 365 g/mol. The second-order valence-electron chi connectivity index (χ2n) is 5.53. The van der Waals surface area contributed by atoms with Crippen LogP contribution in [0.5, 0.6) is 0 Å². The van der Waals surface area contributed by atoms with E-state index in [4.69, 9.17) is 8.83 Å². The number of carbonyl (C=O) groups is 2. The molecule has 2 aromatic heterocycles. The van der Waals surface area contributed by atoms with E-state index in [9.17, 15) is 22.8 Å². The molecule has 9 heteroatoms. The number of rotatable bonds is 4. The van der Waals surface area contributed by atoms with Gasteiger partial charge in [-0.2, -0.15) is 13.2 Å². The molecule has 0 atom stereocenters. The van der Waals surface area contributed by atoms with Gasteiger partial charge in [-0.1, -0.05) is 0 Å². The average molecular weight is 378 g/mol. The first-order chi connectivity index (χ1) is 12.8. The largest absolute Gasteiger partial charge is 0.469 e. The van der Waals surface area contributed by atoms with Crippen molar-refractivity contribution in [1.29, 1.82) is 0 Å². The van der Waals surface area contributed by atoms with Crippen molar-refractivity contribution in [2.24, 2.45) is 0 Å². The molecule has 0 saturated carbocycles. The van der Waals surface area contributed by atoms with E-state index in [0.717, 1.165) is 12.1 Å². The minimum absolute atomic E-state index is 0.0450. The van der Waals surface area contributed by atoms with E-state index >= 15 is 0 Å². The predicted molar refractivity (Wildman–Crippen MR) is 89.5 cm³/mol. The van der Waals surface area contributed by atoms with Crippen LogP contribution in [0.4, 0.5) is 24.5 Å². The summed E-state index contributed by atoms with van der Waals surface area (Å²) in [6.07, 6.45) is -2.21. The van der Waals surface area contributed by atoms with E-state index in [-0.39, 0.29) is 22.8 Å². The van der Waals surface area contributed by atoms with E-state index in [1.807, 2.05) is 0 Å². The Hall–Kier alpha value is -3.49. The molecule has 3 aromatic rings. The van der Waals surface area contributed by atoms with Gasteiger partial charge < -0.3 is 19.5 Å². The molecule has 27 heavy (non-hydrogen) atoms. The van der Waals surface area contributed by atoms with Crippen LogP contribution >= 0.6 is 0 Å². The van der Waals surface area contributed by atoms with Crippen molar-refractivity contribution in [3.63, 3.8) is 0 Å². The molecule has 6 nitrogen and oxygen atoms in total. The number of aryl methyl sites for hydroxylation is 1. The predicted octanol–water partition coefficient (Wildman–Crippen LogP) is 4.70. The van der Waals surface area contributed by atoms with Gasteiger partial charge >= 0.3 is 6.18 Å². The molecule has 0 bridgehead atoms. The van der Waals surface area contributed by atoms with E-state index in [2.05, 4.69) is 10.6 Å². The quantitative estimate of drug-likeness (QED) is 0.689. The zero-order valence-electron chi connectivity index (χ0n) is 13.9. The van der Waals surface area contributed by atoms with Gasteiger partial charge in [0, 0.05) is 5.69 Å². The molecule has 0 radical (unpaired) electrons. The molecule has 0 saturated heterocycles. The van der Waals surface area contributed by atoms with E-state index in [1.165, 1.54) is 43.7 Å². The number of hydrogen-bond donors (Lipinski definition) is 2. The minimum Gasteiger partial charge on any atom is -0.469 e. The molecule has 2 N–H and O–H groups in total. The Bertz CT molecular complexity index is 975. The zero-order chi connectivity index (χ0) is 19.6. The zero-order valence-corrected chi connectivity index (χ0v) is 13.9. The summed E-state index contributed by atoms with van der Waals surface area (Å²) < 4.78 is 50.1. The Morgan fingerprint density at radius 2 is 1.74 bits per heavy atom. The second-order valence-corrected chi connectivity index (χ2v) is 5.53. The Labute approximate surface area is 151 Å². The second kappa shape index (κ2) is 7.02. The van der Waals surface area contributed by atoms with E-state index in [0.29, 0.717) is 0 Å². The number of nitrogens with one attached hydrogen (secondary N) is 2. The van der Waals surface area contributed by atoms with Crippen LogP contribution in [0.1, 0.15) is 32.2 Å². The topological polar surface area (TPSA) is 84.5 Å². The highest BCUT2D eigenvalue weighted by molar-refractivity contribution is 6.06. The summed E-state index contributed by atoms with van der Waals surface area (Å²) in [6, 6.07) is 7.25. The van der Waals surface area contributed by atoms with Crippen LogP contribution in [-0.2, 0) is 6.18 Å². The van der Waals surface area contributed by atoms with Crippen LogP contribution in [0.2, 0.25) is 0 Å². The molecule has 1 aromatic carbocycles. The maximum absolute atomic E-state index is 13.4. The summed E-state index contributed by atoms with van der Waals surface area (Å²) in [5.41, 5.74) is -1.52. The Morgan fingerprint density at radius 1 is 0.963 bits per heavy atom. The van der Waals surface area contributed by atoms with Crippen molar-refractivity contribution >= 4 is 23.2 Å². The normalized spacial score (nSPS) is 11.3. The third kappa shape index (κ3) is 4.02. The van der Waals surface area contributed by atoms with Crippen LogP contribution in [0.3, 0.4) is 0 Å². The SMILES string of the molecule is Cc1occc1C(=O)Nc1ccc(NC(=O)c2ccco2)cc1C(F)(F)F.